The van der Waals surface area contributed by atoms with Gasteiger partial charge >= 0.3 is 0 Å². The van der Waals surface area contributed by atoms with Gasteiger partial charge in [-0.05, 0) is 30.3 Å². The van der Waals surface area contributed by atoms with Crippen molar-refractivity contribution in [2.75, 3.05) is 17.7 Å². The maximum Gasteiger partial charge on any atom is 0.233 e. The monoisotopic (exact) mass is 343 g/mol. The Morgan fingerprint density at radius 2 is 1.79 bits per heavy atom. The van der Waals surface area contributed by atoms with Crippen LogP contribution in [0.2, 0.25) is 5.02 Å². The highest BCUT2D eigenvalue weighted by atomic mass is 35.5. The lowest BCUT2D eigenvalue weighted by Crippen LogP contribution is -2.22. The van der Waals surface area contributed by atoms with E-state index in [1.165, 1.54) is 13.2 Å². The van der Waals surface area contributed by atoms with Crippen molar-refractivity contribution < 1.29 is 14.3 Å². The number of methoxy groups -OCH3 is 1. The van der Waals surface area contributed by atoms with Gasteiger partial charge in [-0.3, -0.25) is 9.59 Å². The third-order valence-electron chi connectivity index (χ3n) is 3.08. The fourth-order valence-electron chi connectivity index (χ4n) is 2.00. The summed E-state index contributed by atoms with van der Waals surface area (Å²) in [5.41, 5.74) is 1.06. The number of carbonyl (C=O) groups excluding carboxylic acids is 2. The van der Waals surface area contributed by atoms with E-state index in [0.29, 0.717) is 27.7 Å². The Kier molecular flexibility index (Phi) is 5.77. The zero-order valence-corrected chi connectivity index (χ0v) is 13.6. The molecule has 0 bridgehead atoms. The molecule has 7 heteroatoms. The Labute approximate surface area is 144 Å². The molecule has 122 valence electrons. The molecule has 0 saturated carbocycles. The number of hydrogen-bond acceptors (Lipinski definition) is 4. The summed E-state index contributed by atoms with van der Waals surface area (Å²) in [6, 6.07) is 13.3. The molecule has 0 unspecified atom stereocenters. The number of nitrogens with zero attached hydrogens (tertiary/aromatic N) is 1. The second-order valence-electron chi connectivity index (χ2n) is 4.78. The minimum absolute atomic E-state index is 0.322. The zero-order valence-electron chi connectivity index (χ0n) is 12.8. The van der Waals surface area contributed by atoms with Crippen LogP contribution in [0.15, 0.2) is 42.5 Å². The van der Waals surface area contributed by atoms with E-state index in [1.54, 1.807) is 36.4 Å². The summed E-state index contributed by atoms with van der Waals surface area (Å²) in [4.78, 5) is 24.0. The van der Waals surface area contributed by atoms with Gasteiger partial charge in [-0.1, -0.05) is 23.7 Å². The van der Waals surface area contributed by atoms with Crippen molar-refractivity contribution in [2.24, 2.45) is 0 Å². The van der Waals surface area contributed by atoms with E-state index >= 15 is 0 Å². The molecule has 0 heterocycles. The maximum absolute atomic E-state index is 12.0. The lowest BCUT2D eigenvalue weighted by atomic mass is 10.2. The van der Waals surface area contributed by atoms with Crippen LogP contribution in [0.3, 0.4) is 0 Å². The highest BCUT2D eigenvalue weighted by Gasteiger charge is 2.14. The number of nitrogens with one attached hydrogen (secondary N) is 2. The zero-order chi connectivity index (χ0) is 17.5. The first-order chi connectivity index (χ1) is 11.5. The Morgan fingerprint density at radius 3 is 2.46 bits per heavy atom. The summed E-state index contributed by atoms with van der Waals surface area (Å²) in [5.74, 6) is -0.623. The second kappa shape index (κ2) is 7.99. The van der Waals surface area contributed by atoms with Crippen LogP contribution in [0, 0.1) is 11.3 Å². The molecule has 0 aliphatic heterocycles. The van der Waals surface area contributed by atoms with Crippen LogP contribution in [0.25, 0.3) is 0 Å². The molecule has 2 rings (SSSR count). The van der Waals surface area contributed by atoms with Gasteiger partial charge in [0.05, 0.1) is 24.0 Å². The smallest absolute Gasteiger partial charge is 0.233 e. The molecule has 2 aromatic carbocycles. The van der Waals surface area contributed by atoms with Crippen LogP contribution in [-0.2, 0) is 9.59 Å². The van der Waals surface area contributed by atoms with Crippen LogP contribution in [0.4, 0.5) is 11.4 Å². The van der Waals surface area contributed by atoms with Crippen molar-refractivity contribution in [3.63, 3.8) is 0 Å². The van der Waals surface area contributed by atoms with E-state index < -0.39 is 18.2 Å². The number of amides is 2. The summed E-state index contributed by atoms with van der Waals surface area (Å²) < 4.78 is 5.12. The van der Waals surface area contributed by atoms with E-state index in [9.17, 15) is 9.59 Å². The average Bonchev–Trinajstić information content (AvgIpc) is 2.55. The Morgan fingerprint density at radius 1 is 1.12 bits per heavy atom. The summed E-state index contributed by atoms with van der Waals surface area (Å²) in [6.45, 7) is 0. The Bertz CT molecular complexity index is 815. The maximum atomic E-state index is 12.0. The Balaban J connectivity index is 2.01. The van der Waals surface area contributed by atoms with Gasteiger partial charge in [0.2, 0.25) is 11.8 Å². The largest absolute Gasteiger partial charge is 0.495 e. The first-order valence-electron chi connectivity index (χ1n) is 6.96. The van der Waals surface area contributed by atoms with Crippen LogP contribution < -0.4 is 15.4 Å². The van der Waals surface area contributed by atoms with E-state index in [1.807, 2.05) is 6.07 Å². The van der Waals surface area contributed by atoms with Crippen molar-refractivity contribution in [1.29, 1.82) is 5.26 Å². The van der Waals surface area contributed by atoms with Crippen molar-refractivity contribution in [3.8, 4) is 11.8 Å². The van der Waals surface area contributed by atoms with Gasteiger partial charge in [0.25, 0.3) is 0 Å². The third kappa shape index (κ3) is 4.48. The molecule has 24 heavy (non-hydrogen) atoms. The molecule has 2 N–H and O–H groups in total. The number of carbonyl (C=O) groups is 2. The molecule has 2 aromatic rings. The molecular formula is C17H14ClN3O3. The molecule has 0 aliphatic rings. The van der Waals surface area contributed by atoms with Gasteiger partial charge in [0, 0.05) is 5.02 Å². The van der Waals surface area contributed by atoms with E-state index in [0.717, 1.165) is 0 Å². The fraction of sp³-hybridized carbons (Fsp3) is 0.118. The molecule has 0 aromatic heterocycles. The minimum atomic E-state index is -0.531. The average molecular weight is 344 g/mol. The van der Waals surface area contributed by atoms with E-state index in [2.05, 4.69) is 10.6 Å². The molecule has 2 amide bonds. The predicted octanol–water partition coefficient (Wildman–Crippen LogP) is 3.19. The SMILES string of the molecule is COc1ccc(Cl)cc1NC(=O)CC(=O)Nc1ccccc1C#N. The second-order valence-corrected chi connectivity index (χ2v) is 5.21. The number of anilines is 2. The Hall–Kier alpha value is -3.04. The first-order valence-corrected chi connectivity index (χ1v) is 7.33. The van der Waals surface area contributed by atoms with Gasteiger partial charge in [0.15, 0.2) is 0 Å². The molecule has 0 aliphatic carbocycles. The standard InChI is InChI=1S/C17H14ClN3O3/c1-24-15-7-6-12(18)8-14(15)21-17(23)9-16(22)20-13-5-3-2-4-11(13)10-19/h2-8H,9H2,1H3,(H,20,22)(H,21,23). The van der Waals surface area contributed by atoms with Gasteiger partial charge in [-0.15, -0.1) is 0 Å². The van der Waals surface area contributed by atoms with Gasteiger partial charge in [-0.25, -0.2) is 0 Å². The van der Waals surface area contributed by atoms with Gasteiger partial charge in [-0.2, -0.15) is 5.26 Å². The van der Waals surface area contributed by atoms with Crippen molar-refractivity contribution in [1.82, 2.24) is 0 Å². The van der Waals surface area contributed by atoms with Crippen LogP contribution >= 0.6 is 11.6 Å². The number of hydrogen-bond donors (Lipinski definition) is 2. The van der Waals surface area contributed by atoms with Crippen molar-refractivity contribution in [3.05, 3.63) is 53.1 Å². The molecule has 0 atom stereocenters. The molecule has 0 radical (unpaired) electrons. The highest BCUT2D eigenvalue weighted by molar-refractivity contribution is 6.31. The molecule has 0 fully saturated rings. The summed E-state index contributed by atoms with van der Waals surface area (Å²) in [5, 5.41) is 14.5. The van der Waals surface area contributed by atoms with Crippen molar-refractivity contribution >= 4 is 34.8 Å². The van der Waals surface area contributed by atoms with E-state index in [-0.39, 0.29) is 0 Å². The fourth-order valence-corrected chi connectivity index (χ4v) is 2.17. The number of rotatable bonds is 5. The highest BCUT2D eigenvalue weighted by Crippen LogP contribution is 2.27. The third-order valence-corrected chi connectivity index (χ3v) is 3.31. The summed E-state index contributed by atoms with van der Waals surface area (Å²) in [7, 11) is 1.46. The predicted molar refractivity (Wildman–Crippen MR) is 91.0 cm³/mol. The lowest BCUT2D eigenvalue weighted by Gasteiger charge is -2.11. The van der Waals surface area contributed by atoms with Crippen molar-refractivity contribution in [2.45, 2.75) is 6.42 Å². The molecule has 0 saturated heterocycles. The molecule has 6 nitrogen and oxygen atoms in total. The van der Waals surface area contributed by atoms with Gasteiger partial charge < -0.3 is 15.4 Å². The number of ether oxygens (including phenoxy) is 1. The topological polar surface area (TPSA) is 91.2 Å². The normalized spacial score (nSPS) is 9.71. The number of nitriles is 1. The first kappa shape index (κ1) is 17.3. The number of benzene rings is 2. The minimum Gasteiger partial charge on any atom is -0.495 e. The quantitative estimate of drug-likeness (QED) is 0.815. The summed E-state index contributed by atoms with van der Waals surface area (Å²) >= 11 is 5.89. The van der Waals surface area contributed by atoms with Crippen LogP contribution in [0.1, 0.15) is 12.0 Å². The number of halogens is 1. The molecular weight excluding hydrogens is 330 g/mol. The van der Waals surface area contributed by atoms with E-state index in [4.69, 9.17) is 21.6 Å². The molecule has 0 spiro atoms. The summed E-state index contributed by atoms with van der Waals surface area (Å²) in [6.07, 6.45) is -0.407. The van der Waals surface area contributed by atoms with Gasteiger partial charge in [0.1, 0.15) is 18.2 Å². The van der Waals surface area contributed by atoms with Crippen LogP contribution in [0.5, 0.6) is 5.75 Å². The number of para-hydroxylation sites is 1. The van der Waals surface area contributed by atoms with Crippen LogP contribution in [-0.4, -0.2) is 18.9 Å². The lowest BCUT2D eigenvalue weighted by molar-refractivity contribution is -0.123.